The molecule has 0 spiro atoms. The summed E-state index contributed by atoms with van der Waals surface area (Å²) in [5, 5.41) is 1.79. The van der Waals surface area contributed by atoms with Crippen LogP contribution >= 0.6 is 0 Å². The zero-order chi connectivity index (χ0) is 12.2. The van der Waals surface area contributed by atoms with Crippen LogP contribution in [0.4, 0.5) is 13.2 Å². The molecule has 1 amide bonds. The number of nitrogens with zero attached hydrogens (tertiary/aromatic N) is 1. The summed E-state index contributed by atoms with van der Waals surface area (Å²) in [5.41, 5.74) is 0.947. The average Bonchev–Trinajstić information content (AvgIpc) is 2.25. The van der Waals surface area contributed by atoms with Crippen molar-refractivity contribution < 1.29 is 18.0 Å². The number of pyridine rings is 1. The largest absolute Gasteiger partial charge is 0.405 e. The first-order chi connectivity index (χ1) is 7.42. The van der Waals surface area contributed by atoms with Gasteiger partial charge in [0.1, 0.15) is 6.54 Å². The molecule has 1 aromatic rings. The normalized spacial score (nSPS) is 11.2. The van der Waals surface area contributed by atoms with Crippen LogP contribution in [0, 0.1) is 0 Å². The van der Waals surface area contributed by atoms with Crippen molar-refractivity contribution in [3.05, 3.63) is 29.6 Å². The third-order valence-corrected chi connectivity index (χ3v) is 1.91. The van der Waals surface area contributed by atoms with Gasteiger partial charge in [0, 0.05) is 12.4 Å². The van der Waals surface area contributed by atoms with Crippen molar-refractivity contribution >= 4 is 5.91 Å². The van der Waals surface area contributed by atoms with Crippen LogP contribution in [-0.4, -0.2) is 23.6 Å². The van der Waals surface area contributed by atoms with Gasteiger partial charge in [0.05, 0.1) is 5.56 Å². The SMILES string of the molecule is CCc1cncc(C(=O)NCC(F)(F)F)c1. The first-order valence-corrected chi connectivity index (χ1v) is 4.71. The number of carbonyl (C=O) groups excluding carboxylic acids is 1. The van der Waals surface area contributed by atoms with Crippen LogP contribution < -0.4 is 5.32 Å². The van der Waals surface area contributed by atoms with Crippen LogP contribution in [0.1, 0.15) is 22.8 Å². The van der Waals surface area contributed by atoms with Crippen LogP contribution in [0.5, 0.6) is 0 Å². The van der Waals surface area contributed by atoms with E-state index >= 15 is 0 Å². The van der Waals surface area contributed by atoms with Gasteiger partial charge in [-0.1, -0.05) is 6.92 Å². The Bertz CT molecular complexity index is 377. The van der Waals surface area contributed by atoms with Crippen molar-refractivity contribution in [2.75, 3.05) is 6.54 Å². The smallest absolute Gasteiger partial charge is 0.343 e. The molecule has 0 aliphatic carbocycles. The van der Waals surface area contributed by atoms with Crippen LogP contribution in [0.3, 0.4) is 0 Å². The van der Waals surface area contributed by atoms with Gasteiger partial charge < -0.3 is 5.32 Å². The molecule has 1 aromatic heterocycles. The van der Waals surface area contributed by atoms with Gasteiger partial charge in [-0.25, -0.2) is 0 Å². The summed E-state index contributed by atoms with van der Waals surface area (Å²) in [6, 6.07) is 1.53. The van der Waals surface area contributed by atoms with Crippen LogP contribution in [-0.2, 0) is 6.42 Å². The highest BCUT2D eigenvalue weighted by Crippen LogP contribution is 2.12. The molecule has 1 rings (SSSR count). The lowest BCUT2D eigenvalue weighted by atomic mass is 10.1. The average molecular weight is 232 g/mol. The molecule has 0 bridgehead atoms. The zero-order valence-corrected chi connectivity index (χ0v) is 8.64. The van der Waals surface area contributed by atoms with E-state index in [-0.39, 0.29) is 5.56 Å². The third kappa shape index (κ3) is 3.88. The third-order valence-electron chi connectivity index (χ3n) is 1.91. The second-order valence-electron chi connectivity index (χ2n) is 3.23. The van der Waals surface area contributed by atoms with Crippen molar-refractivity contribution in [3.63, 3.8) is 0 Å². The molecule has 0 aliphatic heterocycles. The van der Waals surface area contributed by atoms with Gasteiger partial charge in [-0.05, 0) is 18.1 Å². The predicted octanol–water partition coefficient (Wildman–Crippen LogP) is 1.94. The van der Waals surface area contributed by atoms with Crippen molar-refractivity contribution in [2.45, 2.75) is 19.5 Å². The highest BCUT2D eigenvalue weighted by molar-refractivity contribution is 5.94. The minimum Gasteiger partial charge on any atom is -0.343 e. The van der Waals surface area contributed by atoms with E-state index in [2.05, 4.69) is 4.98 Å². The zero-order valence-electron chi connectivity index (χ0n) is 8.64. The number of hydrogen-bond acceptors (Lipinski definition) is 2. The Hall–Kier alpha value is -1.59. The van der Waals surface area contributed by atoms with Gasteiger partial charge in [-0.2, -0.15) is 13.2 Å². The lowest BCUT2D eigenvalue weighted by Crippen LogP contribution is -2.33. The highest BCUT2D eigenvalue weighted by Gasteiger charge is 2.27. The van der Waals surface area contributed by atoms with E-state index in [9.17, 15) is 18.0 Å². The van der Waals surface area contributed by atoms with Crippen molar-refractivity contribution in [1.82, 2.24) is 10.3 Å². The maximum atomic E-state index is 11.8. The molecule has 0 fully saturated rings. The number of carbonyl (C=O) groups is 1. The molecule has 0 aliphatic rings. The lowest BCUT2D eigenvalue weighted by molar-refractivity contribution is -0.123. The van der Waals surface area contributed by atoms with Gasteiger partial charge in [0.25, 0.3) is 5.91 Å². The molecule has 0 radical (unpaired) electrons. The summed E-state index contributed by atoms with van der Waals surface area (Å²) in [6.07, 6.45) is -0.912. The Labute approximate surface area is 90.7 Å². The quantitative estimate of drug-likeness (QED) is 0.865. The van der Waals surface area contributed by atoms with E-state index in [1.54, 1.807) is 11.5 Å². The summed E-state index contributed by atoms with van der Waals surface area (Å²) in [5.74, 6) is -0.764. The Kier molecular flexibility index (Phi) is 3.87. The summed E-state index contributed by atoms with van der Waals surface area (Å²) in [4.78, 5) is 15.1. The van der Waals surface area contributed by atoms with E-state index in [4.69, 9.17) is 0 Å². The van der Waals surface area contributed by atoms with E-state index in [1.165, 1.54) is 12.3 Å². The fraction of sp³-hybridized carbons (Fsp3) is 0.400. The van der Waals surface area contributed by atoms with E-state index < -0.39 is 18.6 Å². The molecule has 1 N–H and O–H groups in total. The molecule has 0 unspecified atom stereocenters. The fourth-order valence-electron chi connectivity index (χ4n) is 1.09. The molecule has 0 saturated heterocycles. The highest BCUT2D eigenvalue weighted by atomic mass is 19.4. The van der Waals surface area contributed by atoms with Gasteiger partial charge >= 0.3 is 6.18 Å². The number of nitrogens with one attached hydrogen (secondary N) is 1. The van der Waals surface area contributed by atoms with Crippen LogP contribution in [0.2, 0.25) is 0 Å². The number of halogens is 3. The molecular weight excluding hydrogens is 221 g/mol. The number of amides is 1. The fourth-order valence-corrected chi connectivity index (χ4v) is 1.09. The topological polar surface area (TPSA) is 42.0 Å². The Balaban J connectivity index is 2.66. The van der Waals surface area contributed by atoms with Gasteiger partial charge in [0.2, 0.25) is 0 Å². The predicted molar refractivity (Wildman–Crippen MR) is 52.0 cm³/mol. The summed E-state index contributed by atoms with van der Waals surface area (Å²) in [6.45, 7) is 0.538. The van der Waals surface area contributed by atoms with E-state index in [1.807, 2.05) is 6.92 Å². The molecule has 6 heteroatoms. The number of aromatic nitrogens is 1. The van der Waals surface area contributed by atoms with E-state index in [0.717, 1.165) is 5.56 Å². The van der Waals surface area contributed by atoms with Gasteiger partial charge in [0.15, 0.2) is 0 Å². The molecule has 0 aromatic carbocycles. The standard InChI is InChI=1S/C10H11F3N2O/c1-2-7-3-8(5-14-4-7)9(16)15-6-10(11,12)13/h3-5H,2,6H2,1H3,(H,15,16). The summed E-state index contributed by atoms with van der Waals surface area (Å²) >= 11 is 0. The minimum absolute atomic E-state index is 0.142. The Morgan fingerprint density at radius 1 is 1.44 bits per heavy atom. The number of hydrogen-bond donors (Lipinski definition) is 1. The molecule has 16 heavy (non-hydrogen) atoms. The van der Waals surface area contributed by atoms with Crippen molar-refractivity contribution in [3.8, 4) is 0 Å². The van der Waals surface area contributed by atoms with Gasteiger partial charge in [-0.3, -0.25) is 9.78 Å². The molecule has 1 heterocycles. The molecule has 3 nitrogen and oxygen atoms in total. The number of rotatable bonds is 3. The monoisotopic (exact) mass is 232 g/mol. The van der Waals surface area contributed by atoms with Crippen molar-refractivity contribution in [1.29, 1.82) is 0 Å². The lowest BCUT2D eigenvalue weighted by Gasteiger charge is -2.08. The first kappa shape index (κ1) is 12.5. The molecule has 0 atom stereocenters. The number of alkyl halides is 3. The van der Waals surface area contributed by atoms with Crippen molar-refractivity contribution in [2.24, 2.45) is 0 Å². The first-order valence-electron chi connectivity index (χ1n) is 4.71. The Morgan fingerprint density at radius 3 is 2.69 bits per heavy atom. The molecule has 88 valence electrons. The van der Waals surface area contributed by atoms with Crippen LogP contribution in [0.15, 0.2) is 18.5 Å². The summed E-state index contributed by atoms with van der Waals surface area (Å²) < 4.78 is 35.5. The molecular formula is C10H11F3N2O. The van der Waals surface area contributed by atoms with Crippen LogP contribution in [0.25, 0.3) is 0 Å². The number of aryl methyl sites for hydroxylation is 1. The second kappa shape index (κ2) is 4.96. The van der Waals surface area contributed by atoms with E-state index in [0.29, 0.717) is 6.42 Å². The van der Waals surface area contributed by atoms with Gasteiger partial charge in [-0.15, -0.1) is 0 Å². The Morgan fingerprint density at radius 2 is 2.12 bits per heavy atom. The summed E-state index contributed by atoms with van der Waals surface area (Å²) in [7, 11) is 0. The second-order valence-corrected chi connectivity index (χ2v) is 3.23. The molecule has 0 saturated carbocycles. The minimum atomic E-state index is -4.40. The maximum absolute atomic E-state index is 11.8. The maximum Gasteiger partial charge on any atom is 0.405 e.